The third kappa shape index (κ3) is 7.35. The maximum absolute atomic E-state index is 15.9. The van der Waals surface area contributed by atoms with Crippen molar-refractivity contribution >= 4 is 62.5 Å². The fourth-order valence-electron chi connectivity index (χ4n) is 16.0. The summed E-state index contributed by atoms with van der Waals surface area (Å²) >= 11 is 0. The van der Waals surface area contributed by atoms with E-state index in [1.54, 1.807) is 0 Å². The SMILES string of the molecule is O=C(Nc1cccc2nc(NCCCN3CCCC3=O)ccc12)C(C(C(=O)Nc1cccc2nc(NC3CCC3)ccc12)C12CC3CC(CC(C3)C1)C2)C12CC3CC(CC(C3)C1)C2. The number of hydrogen-bond acceptors (Lipinski definition) is 7. The molecule has 4 N–H and O–H groups in total. The van der Waals surface area contributed by atoms with Gasteiger partial charge in [-0.25, -0.2) is 9.97 Å². The van der Waals surface area contributed by atoms with Gasteiger partial charge in [0.05, 0.1) is 34.2 Å². The predicted octanol–water partition coefficient (Wildman–Crippen LogP) is 10.4. The minimum Gasteiger partial charge on any atom is -0.370 e. The second-order valence-electron chi connectivity index (χ2n) is 22.2. The average Bonchev–Trinajstić information content (AvgIpc) is 3.65. The van der Waals surface area contributed by atoms with Gasteiger partial charge in [-0.2, -0.15) is 0 Å². The minimum absolute atomic E-state index is 0.0327. The van der Waals surface area contributed by atoms with E-state index in [1.165, 1.54) is 57.8 Å². The van der Waals surface area contributed by atoms with Crippen LogP contribution in [0.15, 0.2) is 60.7 Å². The van der Waals surface area contributed by atoms with Crippen LogP contribution in [0.4, 0.5) is 23.0 Å². The molecule has 10 fully saturated rings. The lowest BCUT2D eigenvalue weighted by Gasteiger charge is -2.64. The van der Waals surface area contributed by atoms with Crippen molar-refractivity contribution in [2.75, 3.05) is 40.9 Å². The van der Waals surface area contributed by atoms with Crippen molar-refractivity contribution in [1.29, 1.82) is 0 Å². The first-order valence-corrected chi connectivity index (χ1v) is 24.9. The van der Waals surface area contributed by atoms with Crippen molar-refractivity contribution in [3.8, 4) is 0 Å². The summed E-state index contributed by atoms with van der Waals surface area (Å²) in [4.78, 5) is 55.9. The number of nitrogens with one attached hydrogen (secondary N) is 4. The van der Waals surface area contributed by atoms with Crippen molar-refractivity contribution in [2.24, 2.45) is 58.2 Å². The first-order chi connectivity index (χ1) is 30.7. The van der Waals surface area contributed by atoms with E-state index in [0.717, 1.165) is 116 Å². The zero-order valence-corrected chi connectivity index (χ0v) is 36.9. The van der Waals surface area contributed by atoms with Gasteiger partial charge in [-0.3, -0.25) is 14.4 Å². The topological polar surface area (TPSA) is 128 Å². The number of rotatable bonds is 14. The van der Waals surface area contributed by atoms with E-state index >= 15 is 9.59 Å². The highest BCUT2D eigenvalue weighted by Crippen LogP contribution is 2.69. The second-order valence-corrected chi connectivity index (χ2v) is 22.2. The molecule has 0 spiro atoms. The van der Waals surface area contributed by atoms with Gasteiger partial charge in [-0.1, -0.05) is 12.1 Å². The Bertz CT molecular complexity index is 2370. The van der Waals surface area contributed by atoms with Crippen LogP contribution in [0.2, 0.25) is 0 Å². The molecular weight excluding hydrogens is 783 g/mol. The van der Waals surface area contributed by atoms with Crippen LogP contribution in [0.25, 0.3) is 21.8 Å². The second kappa shape index (κ2) is 15.8. The Morgan fingerprint density at radius 2 is 1.13 bits per heavy atom. The molecule has 2 atom stereocenters. The van der Waals surface area contributed by atoms with Crippen molar-refractivity contribution in [2.45, 2.75) is 122 Å². The van der Waals surface area contributed by atoms with E-state index in [-0.39, 0.29) is 28.6 Å². The number of carbonyl (C=O) groups excluding carboxylic acids is 3. The van der Waals surface area contributed by atoms with E-state index in [2.05, 4.69) is 45.5 Å². The van der Waals surface area contributed by atoms with E-state index in [9.17, 15) is 4.79 Å². The van der Waals surface area contributed by atoms with Crippen molar-refractivity contribution in [3.05, 3.63) is 60.7 Å². The average molecular weight is 848 g/mol. The number of aromatic nitrogens is 2. The molecule has 10 heteroatoms. The standard InChI is InChI=1S/C53H65N7O3/c61-47-12-4-18-60(47)19-5-17-54-45-15-13-39-41(56-45)8-2-10-43(39)58-50(62)48(52-26-32-20-33(27-52)22-34(21-32)28-52)49(53-29-35-23-36(30-53)25-37(24-35)31-53)51(63)59-44-11-3-9-42-40(44)14-16-46(57-42)55-38-6-1-7-38/h2-3,8-11,13-16,32-38,48-49H,1,4-7,12,17-31H2,(H,54,56)(H,55,57)(H,58,62)(H,59,63). The lowest BCUT2D eigenvalue weighted by Crippen LogP contribution is -2.61. The lowest BCUT2D eigenvalue weighted by molar-refractivity contribution is -0.172. The van der Waals surface area contributed by atoms with E-state index in [4.69, 9.17) is 9.97 Å². The molecule has 63 heavy (non-hydrogen) atoms. The number of carbonyl (C=O) groups is 3. The van der Waals surface area contributed by atoms with Crippen molar-refractivity contribution in [1.82, 2.24) is 14.9 Å². The molecule has 10 nitrogen and oxygen atoms in total. The van der Waals surface area contributed by atoms with Crippen LogP contribution in [-0.4, -0.2) is 58.3 Å². The van der Waals surface area contributed by atoms with Gasteiger partial charge in [0, 0.05) is 42.9 Å². The zero-order chi connectivity index (χ0) is 42.3. The number of pyridine rings is 2. The Morgan fingerprint density at radius 1 is 0.635 bits per heavy atom. The Labute approximate surface area is 371 Å². The van der Waals surface area contributed by atoms with Crippen LogP contribution in [0, 0.1) is 58.2 Å². The first-order valence-electron chi connectivity index (χ1n) is 24.9. The van der Waals surface area contributed by atoms with Crippen LogP contribution in [0.5, 0.6) is 0 Å². The Kier molecular flexibility index (Phi) is 9.96. The van der Waals surface area contributed by atoms with E-state index < -0.39 is 11.8 Å². The molecule has 3 heterocycles. The number of amides is 3. The molecule has 8 bridgehead atoms. The highest BCUT2D eigenvalue weighted by Gasteiger charge is 2.65. The number of anilines is 4. The molecule has 1 saturated heterocycles. The summed E-state index contributed by atoms with van der Waals surface area (Å²) in [6.07, 6.45) is 20.1. The van der Waals surface area contributed by atoms with E-state index in [1.807, 2.05) is 41.3 Å². The summed E-state index contributed by atoms with van der Waals surface area (Å²) in [6, 6.07) is 20.9. The molecule has 330 valence electrons. The molecular formula is C53H65N7O3. The van der Waals surface area contributed by atoms with Crippen LogP contribution in [0.3, 0.4) is 0 Å². The molecule has 10 aliphatic rings. The predicted molar refractivity (Wildman–Crippen MR) is 249 cm³/mol. The summed E-state index contributed by atoms with van der Waals surface area (Å²) in [6.45, 7) is 2.36. The molecule has 4 aromatic rings. The van der Waals surface area contributed by atoms with Crippen LogP contribution in [0.1, 0.15) is 116 Å². The van der Waals surface area contributed by atoms with Gasteiger partial charge >= 0.3 is 0 Å². The minimum atomic E-state index is -0.430. The molecule has 9 saturated carbocycles. The Balaban J connectivity index is 0.888. The van der Waals surface area contributed by atoms with Crippen LogP contribution >= 0.6 is 0 Å². The summed E-state index contributed by atoms with van der Waals surface area (Å²) in [5, 5.41) is 16.1. The molecule has 2 aromatic carbocycles. The molecule has 1 aliphatic heterocycles. The summed E-state index contributed by atoms with van der Waals surface area (Å²) in [7, 11) is 0. The van der Waals surface area contributed by atoms with Crippen LogP contribution in [-0.2, 0) is 14.4 Å². The number of fused-ring (bicyclic) bond motifs is 2. The van der Waals surface area contributed by atoms with Gasteiger partial charge in [0.1, 0.15) is 11.6 Å². The number of hydrogen-bond donors (Lipinski definition) is 4. The summed E-state index contributed by atoms with van der Waals surface area (Å²) in [5.74, 6) is 5.01. The van der Waals surface area contributed by atoms with E-state index in [0.29, 0.717) is 48.0 Å². The number of benzene rings is 2. The third-order valence-corrected chi connectivity index (χ3v) is 17.9. The first kappa shape index (κ1) is 39.8. The van der Waals surface area contributed by atoms with Gasteiger partial charge in [0.25, 0.3) is 0 Å². The van der Waals surface area contributed by atoms with Gasteiger partial charge in [-0.05, 0) is 204 Å². The van der Waals surface area contributed by atoms with Gasteiger partial charge < -0.3 is 26.2 Å². The van der Waals surface area contributed by atoms with Crippen molar-refractivity contribution < 1.29 is 14.4 Å². The Morgan fingerprint density at radius 3 is 1.59 bits per heavy atom. The lowest BCUT2D eigenvalue weighted by atomic mass is 9.40. The van der Waals surface area contributed by atoms with Gasteiger partial charge in [0.15, 0.2) is 0 Å². The normalized spacial score (nSPS) is 32.5. The Hall–Kier alpha value is -4.73. The fourth-order valence-corrected chi connectivity index (χ4v) is 16.0. The maximum Gasteiger partial charge on any atom is 0.228 e. The summed E-state index contributed by atoms with van der Waals surface area (Å²) in [5.41, 5.74) is 2.87. The quantitative estimate of drug-likeness (QED) is 0.0931. The molecule has 0 radical (unpaired) electrons. The molecule has 2 aromatic heterocycles. The number of likely N-dealkylation sites (tertiary alicyclic amines) is 1. The smallest absolute Gasteiger partial charge is 0.228 e. The molecule has 14 rings (SSSR count). The largest absolute Gasteiger partial charge is 0.370 e. The summed E-state index contributed by atoms with van der Waals surface area (Å²) < 4.78 is 0. The zero-order valence-electron chi connectivity index (χ0n) is 36.9. The molecule has 2 unspecified atom stereocenters. The maximum atomic E-state index is 15.9. The molecule has 9 aliphatic carbocycles. The highest BCUT2D eigenvalue weighted by atomic mass is 16.2. The van der Waals surface area contributed by atoms with Crippen LogP contribution < -0.4 is 21.3 Å². The van der Waals surface area contributed by atoms with Crippen molar-refractivity contribution in [3.63, 3.8) is 0 Å². The van der Waals surface area contributed by atoms with Gasteiger partial charge in [0.2, 0.25) is 17.7 Å². The highest BCUT2D eigenvalue weighted by molar-refractivity contribution is 6.07. The molecule has 3 amide bonds. The third-order valence-electron chi connectivity index (χ3n) is 17.9. The fraction of sp³-hybridized carbons (Fsp3) is 0.604. The number of nitrogens with zero attached hydrogens (tertiary/aromatic N) is 3. The monoisotopic (exact) mass is 848 g/mol. The van der Waals surface area contributed by atoms with Gasteiger partial charge in [-0.15, -0.1) is 0 Å².